The predicted octanol–water partition coefficient (Wildman–Crippen LogP) is 6.43. The Kier molecular flexibility index (Phi) is 7.65. The van der Waals surface area contributed by atoms with Crippen LogP contribution in [0.15, 0.2) is 71.1 Å². The monoisotopic (exact) mass is 558 g/mol. The van der Waals surface area contributed by atoms with Crippen molar-refractivity contribution in [2.24, 2.45) is 0 Å². The van der Waals surface area contributed by atoms with Gasteiger partial charge in [-0.2, -0.15) is 9.97 Å². The zero-order valence-electron chi connectivity index (χ0n) is 21.7. The van der Waals surface area contributed by atoms with Gasteiger partial charge in [-0.15, -0.1) is 0 Å². The number of rotatable bonds is 6. The van der Waals surface area contributed by atoms with Gasteiger partial charge < -0.3 is 24.9 Å². The molecule has 39 heavy (non-hydrogen) atoms. The van der Waals surface area contributed by atoms with E-state index < -0.39 is 0 Å². The first-order chi connectivity index (χ1) is 19.1. The highest BCUT2D eigenvalue weighted by Crippen LogP contribution is 2.28. The third kappa shape index (κ3) is 6.18. The van der Waals surface area contributed by atoms with Crippen LogP contribution in [0.5, 0.6) is 0 Å². The molecule has 200 valence electrons. The van der Waals surface area contributed by atoms with Gasteiger partial charge in [-0.1, -0.05) is 35.9 Å². The molecule has 0 bridgehead atoms. The van der Waals surface area contributed by atoms with Gasteiger partial charge in [0.1, 0.15) is 23.2 Å². The Labute approximate surface area is 239 Å². The van der Waals surface area contributed by atoms with Crippen molar-refractivity contribution in [1.82, 2.24) is 15.3 Å². The van der Waals surface area contributed by atoms with E-state index in [0.29, 0.717) is 22.6 Å². The number of hydrogen-bond donors (Lipinski definition) is 2. The second-order valence-electron chi connectivity index (χ2n) is 9.98. The molecule has 0 radical (unpaired) electrons. The first-order valence-corrected chi connectivity index (χ1v) is 14.2. The molecule has 6 rings (SSSR count). The first-order valence-electron chi connectivity index (χ1n) is 13.5. The Morgan fingerprint density at radius 2 is 1.62 bits per heavy atom. The number of aromatic nitrogens is 2. The van der Waals surface area contributed by atoms with E-state index >= 15 is 0 Å². The molecule has 0 aliphatic carbocycles. The van der Waals surface area contributed by atoms with Crippen LogP contribution in [-0.2, 0) is 19.5 Å². The molecule has 2 aromatic carbocycles. The Hall–Kier alpha value is -3.62. The van der Waals surface area contributed by atoms with Gasteiger partial charge in [0, 0.05) is 42.8 Å². The number of halogens is 1. The number of piperidine rings is 1. The first kappa shape index (κ1) is 25.6. The molecule has 4 aromatic rings. The van der Waals surface area contributed by atoms with Crippen molar-refractivity contribution in [1.29, 1.82) is 0 Å². The summed E-state index contributed by atoms with van der Waals surface area (Å²) in [6.45, 7) is 4.22. The topological polar surface area (TPSA) is 69.5 Å². The molecule has 1 saturated heterocycles. The van der Waals surface area contributed by atoms with E-state index in [4.69, 9.17) is 38.2 Å². The molecule has 7 nitrogen and oxygen atoms in total. The smallest absolute Gasteiger partial charge is 0.232 e. The quantitative estimate of drug-likeness (QED) is 0.262. The summed E-state index contributed by atoms with van der Waals surface area (Å²) in [5, 5.41) is 7.60. The van der Waals surface area contributed by atoms with Crippen molar-refractivity contribution in [3.63, 3.8) is 0 Å². The van der Waals surface area contributed by atoms with Crippen LogP contribution in [0.2, 0.25) is 5.02 Å². The lowest BCUT2D eigenvalue weighted by Crippen LogP contribution is -2.34. The number of benzene rings is 2. The molecule has 2 aliphatic heterocycles. The van der Waals surface area contributed by atoms with Gasteiger partial charge in [-0.3, -0.25) is 0 Å². The van der Waals surface area contributed by atoms with E-state index in [1.54, 1.807) is 0 Å². The van der Waals surface area contributed by atoms with E-state index in [2.05, 4.69) is 50.8 Å². The van der Waals surface area contributed by atoms with Gasteiger partial charge in [0.05, 0.1) is 6.54 Å². The second kappa shape index (κ2) is 11.6. The van der Waals surface area contributed by atoms with Crippen molar-refractivity contribution in [3.05, 3.63) is 88.6 Å². The van der Waals surface area contributed by atoms with Crippen LogP contribution < -0.4 is 20.4 Å². The maximum absolute atomic E-state index is 6.01. The van der Waals surface area contributed by atoms with Gasteiger partial charge in [-0.25, -0.2) is 0 Å². The van der Waals surface area contributed by atoms with Crippen molar-refractivity contribution in [3.8, 4) is 11.3 Å². The maximum Gasteiger partial charge on any atom is 0.232 e. The Bertz CT molecular complexity index is 1450. The van der Waals surface area contributed by atoms with Crippen LogP contribution in [-0.4, -0.2) is 34.7 Å². The summed E-state index contributed by atoms with van der Waals surface area (Å²) in [6.07, 6.45) is 4.63. The molecular formula is C30H31ClN6OS. The van der Waals surface area contributed by atoms with E-state index in [-0.39, 0.29) is 0 Å². The summed E-state index contributed by atoms with van der Waals surface area (Å²) in [5.41, 5.74) is 3.74. The number of fused-ring (bicyclic) bond motifs is 1. The molecule has 2 N–H and O–H groups in total. The van der Waals surface area contributed by atoms with Crippen LogP contribution in [0, 0.1) is 0 Å². The van der Waals surface area contributed by atoms with Crippen LogP contribution in [0.1, 0.15) is 36.1 Å². The lowest BCUT2D eigenvalue weighted by atomic mass is 10.00. The summed E-state index contributed by atoms with van der Waals surface area (Å²) in [7, 11) is 0. The van der Waals surface area contributed by atoms with Gasteiger partial charge >= 0.3 is 0 Å². The van der Waals surface area contributed by atoms with Crippen molar-refractivity contribution >= 4 is 46.5 Å². The van der Waals surface area contributed by atoms with Gasteiger partial charge in [0.15, 0.2) is 5.11 Å². The zero-order chi connectivity index (χ0) is 26.6. The molecule has 0 amide bonds. The maximum atomic E-state index is 6.01. The summed E-state index contributed by atoms with van der Waals surface area (Å²) in [5.74, 6) is 3.93. The van der Waals surface area contributed by atoms with E-state index in [0.717, 1.165) is 61.3 Å². The molecule has 0 atom stereocenters. The van der Waals surface area contributed by atoms with Gasteiger partial charge in [-0.05, 0) is 85.4 Å². The minimum Gasteiger partial charge on any atom is -0.459 e. The number of nitrogens with zero attached hydrogens (tertiary/aromatic N) is 4. The summed E-state index contributed by atoms with van der Waals surface area (Å²) < 4.78 is 6.00. The largest absolute Gasteiger partial charge is 0.459 e. The van der Waals surface area contributed by atoms with Crippen LogP contribution >= 0.6 is 23.8 Å². The Morgan fingerprint density at radius 1 is 0.872 bits per heavy atom. The standard InChI is InChI=1S/C30H31ClN6OS/c31-24-10-8-22(9-11-24)26-13-12-25(38-26)19-32-30(39)35-29-33-27(36-15-4-1-5-16-36)18-28(34-29)37-17-14-21-6-2-3-7-23(21)20-37/h2-3,6-13,18H,1,4-5,14-17,19-20H2,(H2,32,33,34,35,39). The zero-order valence-corrected chi connectivity index (χ0v) is 23.3. The van der Waals surface area contributed by atoms with Gasteiger partial charge in [0.2, 0.25) is 5.95 Å². The number of thiocarbonyl (C=S) groups is 1. The number of anilines is 3. The Morgan fingerprint density at radius 3 is 2.41 bits per heavy atom. The van der Waals surface area contributed by atoms with Gasteiger partial charge in [0.25, 0.3) is 0 Å². The minimum absolute atomic E-state index is 0.445. The van der Waals surface area contributed by atoms with Crippen molar-refractivity contribution in [2.45, 2.75) is 38.8 Å². The third-order valence-corrected chi connectivity index (χ3v) is 7.77. The van der Waals surface area contributed by atoms with Crippen LogP contribution in [0.3, 0.4) is 0 Å². The lowest BCUT2D eigenvalue weighted by Gasteiger charge is -2.32. The molecule has 9 heteroatoms. The Balaban J connectivity index is 1.16. The predicted molar refractivity (Wildman–Crippen MR) is 162 cm³/mol. The normalized spacial score (nSPS) is 15.1. The molecule has 0 spiro atoms. The van der Waals surface area contributed by atoms with E-state index in [1.807, 2.05) is 36.4 Å². The highest BCUT2D eigenvalue weighted by atomic mass is 35.5. The number of nitrogens with one attached hydrogen (secondary N) is 2. The fourth-order valence-electron chi connectivity index (χ4n) is 5.17. The SMILES string of the molecule is S=C(NCc1ccc(-c2ccc(Cl)cc2)o1)Nc1nc(N2CCCCC2)cc(N2CCc3ccccc3C2)n1. The van der Waals surface area contributed by atoms with E-state index in [9.17, 15) is 0 Å². The lowest BCUT2D eigenvalue weighted by molar-refractivity contribution is 0.516. The van der Waals surface area contributed by atoms with Crippen LogP contribution in [0.4, 0.5) is 17.6 Å². The fourth-order valence-corrected chi connectivity index (χ4v) is 5.46. The highest BCUT2D eigenvalue weighted by Gasteiger charge is 2.21. The van der Waals surface area contributed by atoms with Crippen molar-refractivity contribution in [2.75, 3.05) is 34.8 Å². The minimum atomic E-state index is 0.445. The summed E-state index contributed by atoms with van der Waals surface area (Å²) >= 11 is 11.6. The average molecular weight is 559 g/mol. The average Bonchev–Trinajstić information content (AvgIpc) is 3.46. The number of hydrogen-bond acceptors (Lipinski definition) is 6. The second-order valence-corrected chi connectivity index (χ2v) is 10.8. The highest BCUT2D eigenvalue weighted by molar-refractivity contribution is 7.80. The summed E-state index contributed by atoms with van der Waals surface area (Å²) in [6, 6.07) is 22.3. The molecule has 2 aliphatic rings. The van der Waals surface area contributed by atoms with Crippen LogP contribution in [0.25, 0.3) is 11.3 Å². The molecule has 0 unspecified atom stereocenters. The third-order valence-electron chi connectivity index (χ3n) is 7.27. The summed E-state index contributed by atoms with van der Waals surface area (Å²) in [4.78, 5) is 14.4. The number of furan rings is 1. The van der Waals surface area contributed by atoms with E-state index in [1.165, 1.54) is 30.4 Å². The molecule has 1 fully saturated rings. The van der Waals surface area contributed by atoms with Crippen molar-refractivity contribution < 1.29 is 4.42 Å². The molecule has 2 aromatic heterocycles. The molecule has 4 heterocycles. The molecular weight excluding hydrogens is 528 g/mol. The fraction of sp³-hybridized carbons (Fsp3) is 0.300. The molecule has 0 saturated carbocycles.